The van der Waals surface area contributed by atoms with Crippen LogP contribution in [0, 0.1) is 0 Å². The zero-order chi connectivity index (χ0) is 13.0. The number of aliphatic hydroxyl groups excluding tert-OH is 1. The summed E-state index contributed by atoms with van der Waals surface area (Å²) >= 11 is 0. The van der Waals surface area contributed by atoms with Gasteiger partial charge in [-0.1, -0.05) is 25.1 Å². The molecule has 0 aliphatic carbocycles. The molecule has 1 aromatic carbocycles. The van der Waals surface area contributed by atoms with E-state index in [-0.39, 0.29) is 12.0 Å². The van der Waals surface area contributed by atoms with Crippen LogP contribution in [0.4, 0.5) is 0 Å². The van der Waals surface area contributed by atoms with Crippen molar-refractivity contribution >= 4 is 5.91 Å². The number of aliphatic hydroxyl groups is 1. The highest BCUT2D eigenvalue weighted by molar-refractivity contribution is 5.96. The van der Waals surface area contributed by atoms with Crippen molar-refractivity contribution in [1.82, 2.24) is 4.90 Å². The summed E-state index contributed by atoms with van der Waals surface area (Å²) in [6.07, 6.45) is 3.16. The number of nitrogens with zero attached hydrogens (tertiary/aromatic N) is 1. The third-order valence-electron chi connectivity index (χ3n) is 3.62. The number of rotatable bonds is 5. The Kier molecular flexibility index (Phi) is 4.37. The normalized spacial score (nSPS) is 16.6. The number of hydrogen-bond donors (Lipinski definition) is 1. The highest BCUT2D eigenvalue weighted by Crippen LogP contribution is 2.19. The minimum atomic E-state index is -0.225. The molecule has 3 heteroatoms. The molecule has 1 aliphatic heterocycles. The third kappa shape index (κ3) is 2.91. The fourth-order valence-electron chi connectivity index (χ4n) is 2.41. The topological polar surface area (TPSA) is 40.5 Å². The molecule has 1 atom stereocenters. The maximum atomic E-state index is 12.2. The van der Waals surface area contributed by atoms with Crippen molar-refractivity contribution < 1.29 is 9.90 Å². The van der Waals surface area contributed by atoms with Gasteiger partial charge >= 0.3 is 0 Å². The van der Waals surface area contributed by atoms with E-state index in [1.165, 1.54) is 0 Å². The molecule has 2 rings (SSSR count). The molecule has 0 saturated carbocycles. The Morgan fingerprint density at radius 3 is 2.94 bits per heavy atom. The molecule has 1 aromatic rings. The fourth-order valence-corrected chi connectivity index (χ4v) is 2.41. The first-order valence-electron chi connectivity index (χ1n) is 6.77. The lowest BCUT2D eigenvalue weighted by Gasteiger charge is -2.28. The zero-order valence-electron chi connectivity index (χ0n) is 10.9. The van der Waals surface area contributed by atoms with Gasteiger partial charge in [0.05, 0.1) is 6.10 Å². The van der Waals surface area contributed by atoms with Crippen LogP contribution < -0.4 is 0 Å². The van der Waals surface area contributed by atoms with Crippen LogP contribution in [0.5, 0.6) is 0 Å². The number of fused-ring (bicyclic) bond motifs is 1. The first-order chi connectivity index (χ1) is 8.72. The lowest BCUT2D eigenvalue weighted by molar-refractivity contribution is 0.0723. The van der Waals surface area contributed by atoms with Gasteiger partial charge in [0.2, 0.25) is 0 Å². The molecule has 3 nitrogen and oxygen atoms in total. The van der Waals surface area contributed by atoms with E-state index >= 15 is 0 Å². The van der Waals surface area contributed by atoms with Crippen LogP contribution in [0.2, 0.25) is 0 Å². The van der Waals surface area contributed by atoms with Gasteiger partial charge in [-0.3, -0.25) is 4.79 Å². The first-order valence-corrected chi connectivity index (χ1v) is 6.77. The predicted octanol–water partition coefficient (Wildman–Crippen LogP) is 2.24. The van der Waals surface area contributed by atoms with Crippen molar-refractivity contribution in [2.75, 3.05) is 13.1 Å². The molecule has 0 radical (unpaired) electrons. The van der Waals surface area contributed by atoms with E-state index in [4.69, 9.17) is 0 Å². The molecule has 0 aromatic heterocycles. The standard InChI is InChI=1S/C15H21NO2/c1-2-13(17)7-5-10-16-11-9-12-6-3-4-8-14(12)15(16)18/h3-4,6,8,13,17H,2,5,7,9-11H2,1H3. The van der Waals surface area contributed by atoms with Gasteiger partial charge in [0.1, 0.15) is 0 Å². The van der Waals surface area contributed by atoms with Crippen LogP contribution in [0.3, 0.4) is 0 Å². The molecule has 0 fully saturated rings. The summed E-state index contributed by atoms with van der Waals surface area (Å²) in [5, 5.41) is 9.51. The van der Waals surface area contributed by atoms with Gasteiger partial charge in [0.25, 0.3) is 5.91 Å². The van der Waals surface area contributed by atoms with Crippen molar-refractivity contribution in [3.63, 3.8) is 0 Å². The average molecular weight is 247 g/mol. The second-order valence-corrected chi connectivity index (χ2v) is 4.90. The Labute approximate surface area is 108 Å². The Morgan fingerprint density at radius 1 is 1.39 bits per heavy atom. The number of benzene rings is 1. The molecule has 1 N–H and O–H groups in total. The molecular formula is C15H21NO2. The van der Waals surface area contributed by atoms with Gasteiger partial charge in [-0.05, 0) is 37.3 Å². The van der Waals surface area contributed by atoms with E-state index in [0.29, 0.717) is 0 Å². The summed E-state index contributed by atoms with van der Waals surface area (Å²) < 4.78 is 0. The van der Waals surface area contributed by atoms with Crippen molar-refractivity contribution in [2.24, 2.45) is 0 Å². The van der Waals surface area contributed by atoms with Crippen molar-refractivity contribution in [1.29, 1.82) is 0 Å². The zero-order valence-corrected chi connectivity index (χ0v) is 10.9. The summed E-state index contributed by atoms with van der Waals surface area (Å²) in [4.78, 5) is 14.1. The fraction of sp³-hybridized carbons (Fsp3) is 0.533. The SMILES string of the molecule is CCC(O)CCCN1CCc2ccccc2C1=O. The molecule has 0 saturated heterocycles. The molecule has 0 bridgehead atoms. The van der Waals surface area contributed by atoms with Crippen molar-refractivity contribution in [3.8, 4) is 0 Å². The molecule has 98 valence electrons. The van der Waals surface area contributed by atoms with Gasteiger partial charge in [-0.2, -0.15) is 0 Å². The predicted molar refractivity (Wildman–Crippen MR) is 71.6 cm³/mol. The maximum absolute atomic E-state index is 12.2. The van der Waals surface area contributed by atoms with E-state index in [1.54, 1.807) is 0 Å². The Hall–Kier alpha value is -1.35. The van der Waals surface area contributed by atoms with E-state index < -0.39 is 0 Å². The first kappa shape index (κ1) is 13.1. The lowest BCUT2D eigenvalue weighted by Crippen LogP contribution is -2.38. The molecule has 0 spiro atoms. The minimum Gasteiger partial charge on any atom is -0.393 e. The van der Waals surface area contributed by atoms with E-state index in [2.05, 4.69) is 0 Å². The van der Waals surface area contributed by atoms with Crippen LogP contribution in [-0.4, -0.2) is 35.1 Å². The Morgan fingerprint density at radius 2 is 2.17 bits per heavy atom. The smallest absolute Gasteiger partial charge is 0.254 e. The Balaban J connectivity index is 1.91. The van der Waals surface area contributed by atoms with Gasteiger partial charge < -0.3 is 10.0 Å². The third-order valence-corrected chi connectivity index (χ3v) is 3.62. The monoisotopic (exact) mass is 247 g/mol. The van der Waals surface area contributed by atoms with Crippen LogP contribution in [0.15, 0.2) is 24.3 Å². The van der Waals surface area contributed by atoms with Crippen LogP contribution >= 0.6 is 0 Å². The summed E-state index contributed by atoms with van der Waals surface area (Å²) in [6, 6.07) is 7.84. The van der Waals surface area contributed by atoms with Crippen LogP contribution in [0.25, 0.3) is 0 Å². The van der Waals surface area contributed by atoms with Gasteiger partial charge in [0, 0.05) is 18.7 Å². The van der Waals surface area contributed by atoms with Gasteiger partial charge in [-0.15, -0.1) is 0 Å². The van der Waals surface area contributed by atoms with Gasteiger partial charge in [0.15, 0.2) is 0 Å². The molecule has 1 amide bonds. The number of carbonyl (C=O) groups excluding carboxylic acids is 1. The van der Waals surface area contributed by atoms with Gasteiger partial charge in [-0.25, -0.2) is 0 Å². The summed E-state index contributed by atoms with van der Waals surface area (Å²) in [5.41, 5.74) is 2.01. The second kappa shape index (κ2) is 6.01. The lowest BCUT2D eigenvalue weighted by atomic mass is 9.99. The quantitative estimate of drug-likeness (QED) is 0.867. The van der Waals surface area contributed by atoms with Crippen LogP contribution in [0.1, 0.15) is 42.1 Å². The molecule has 1 unspecified atom stereocenters. The van der Waals surface area contributed by atoms with Crippen molar-refractivity contribution in [2.45, 2.75) is 38.7 Å². The molecule has 1 heterocycles. The number of carbonyl (C=O) groups is 1. The van der Waals surface area contributed by atoms with Crippen LogP contribution in [-0.2, 0) is 6.42 Å². The van der Waals surface area contributed by atoms with Crippen molar-refractivity contribution in [3.05, 3.63) is 35.4 Å². The second-order valence-electron chi connectivity index (χ2n) is 4.90. The molecule has 18 heavy (non-hydrogen) atoms. The summed E-state index contributed by atoms with van der Waals surface area (Å²) in [7, 11) is 0. The molecule has 1 aliphatic rings. The van der Waals surface area contributed by atoms with E-state index in [0.717, 1.165) is 49.9 Å². The van der Waals surface area contributed by atoms with E-state index in [1.807, 2.05) is 36.1 Å². The number of hydrogen-bond acceptors (Lipinski definition) is 2. The highest BCUT2D eigenvalue weighted by atomic mass is 16.3. The average Bonchev–Trinajstić information content (AvgIpc) is 2.41. The molecular weight excluding hydrogens is 226 g/mol. The minimum absolute atomic E-state index is 0.142. The highest BCUT2D eigenvalue weighted by Gasteiger charge is 2.23. The summed E-state index contributed by atoms with van der Waals surface area (Å²) in [6.45, 7) is 3.54. The Bertz CT molecular complexity index is 417. The largest absolute Gasteiger partial charge is 0.393 e. The maximum Gasteiger partial charge on any atom is 0.254 e. The van der Waals surface area contributed by atoms with E-state index in [9.17, 15) is 9.90 Å². The summed E-state index contributed by atoms with van der Waals surface area (Å²) in [5.74, 6) is 0.142. The number of amides is 1.